The van der Waals surface area contributed by atoms with E-state index in [2.05, 4.69) is 11.8 Å². The average Bonchev–Trinajstić information content (AvgIpc) is 2.95. The van der Waals surface area contributed by atoms with Crippen molar-refractivity contribution in [1.82, 2.24) is 4.90 Å². The molecule has 0 spiro atoms. The molecule has 1 saturated carbocycles. The minimum Gasteiger partial charge on any atom is -0.376 e. The van der Waals surface area contributed by atoms with E-state index >= 15 is 0 Å². The Morgan fingerprint density at radius 3 is 2.54 bits per heavy atom. The largest absolute Gasteiger partial charge is 0.376 e. The van der Waals surface area contributed by atoms with Gasteiger partial charge in [-0.2, -0.15) is 0 Å². The second-order valence-corrected chi connectivity index (χ2v) is 3.63. The molecule has 0 radical (unpaired) electrons. The smallest absolute Gasteiger partial charge is 0.0823 e. The lowest BCUT2D eigenvalue weighted by atomic mass is 10.3. The van der Waals surface area contributed by atoms with Gasteiger partial charge in [-0.15, -0.1) is 0 Å². The summed E-state index contributed by atoms with van der Waals surface area (Å²) in [7, 11) is 0. The molecule has 3 nitrogen and oxygen atoms in total. The third kappa shape index (κ3) is 3.63. The summed E-state index contributed by atoms with van der Waals surface area (Å²) in [4.78, 5) is 2.48. The molecule has 0 aromatic rings. The van der Waals surface area contributed by atoms with E-state index in [1.54, 1.807) is 0 Å². The Morgan fingerprint density at radius 2 is 2.15 bits per heavy atom. The monoisotopic (exact) mass is 186 g/mol. The van der Waals surface area contributed by atoms with Crippen molar-refractivity contribution in [2.75, 3.05) is 26.2 Å². The first-order chi connectivity index (χ1) is 6.31. The number of hydrogen-bond donors (Lipinski definition) is 1. The van der Waals surface area contributed by atoms with Crippen LogP contribution in [0, 0.1) is 0 Å². The molecule has 1 fully saturated rings. The molecular formula is C10H22N2O. The lowest BCUT2D eigenvalue weighted by Crippen LogP contribution is -2.39. The molecule has 0 heterocycles. The lowest BCUT2D eigenvalue weighted by molar-refractivity contribution is 0.0384. The zero-order valence-electron chi connectivity index (χ0n) is 8.83. The van der Waals surface area contributed by atoms with Gasteiger partial charge in [0.1, 0.15) is 0 Å². The predicted octanol–water partition coefficient (Wildman–Crippen LogP) is 0.834. The van der Waals surface area contributed by atoms with Gasteiger partial charge in [-0.25, -0.2) is 0 Å². The summed E-state index contributed by atoms with van der Waals surface area (Å²) in [6.45, 7) is 7.76. The minimum absolute atomic E-state index is 0.227. The Morgan fingerprint density at radius 1 is 1.46 bits per heavy atom. The molecule has 1 aliphatic carbocycles. The van der Waals surface area contributed by atoms with E-state index < -0.39 is 0 Å². The Hall–Kier alpha value is -0.120. The third-order valence-electron chi connectivity index (χ3n) is 2.57. The van der Waals surface area contributed by atoms with E-state index in [4.69, 9.17) is 10.5 Å². The normalized spacial score (nSPS) is 19.4. The summed E-state index contributed by atoms with van der Waals surface area (Å²) in [5, 5.41) is 0. The second-order valence-electron chi connectivity index (χ2n) is 3.63. The summed E-state index contributed by atoms with van der Waals surface area (Å²) in [6, 6.07) is 0.819. The van der Waals surface area contributed by atoms with Crippen molar-refractivity contribution in [3.8, 4) is 0 Å². The molecule has 1 rings (SSSR count). The number of likely N-dealkylation sites (N-methyl/N-ethyl adjacent to an activating group) is 1. The van der Waals surface area contributed by atoms with Gasteiger partial charge in [-0.05, 0) is 26.3 Å². The van der Waals surface area contributed by atoms with Crippen LogP contribution in [0.5, 0.6) is 0 Å². The first-order valence-corrected chi connectivity index (χ1v) is 5.37. The Labute approximate surface area is 81.2 Å². The lowest BCUT2D eigenvalue weighted by Gasteiger charge is -2.25. The van der Waals surface area contributed by atoms with Gasteiger partial charge >= 0.3 is 0 Å². The van der Waals surface area contributed by atoms with Gasteiger partial charge in [0.2, 0.25) is 0 Å². The molecule has 0 saturated heterocycles. The van der Waals surface area contributed by atoms with Crippen LogP contribution >= 0.6 is 0 Å². The highest BCUT2D eigenvalue weighted by Gasteiger charge is 2.29. The van der Waals surface area contributed by atoms with Crippen molar-refractivity contribution in [2.24, 2.45) is 5.73 Å². The topological polar surface area (TPSA) is 38.5 Å². The number of hydrogen-bond acceptors (Lipinski definition) is 3. The van der Waals surface area contributed by atoms with E-state index in [9.17, 15) is 0 Å². The summed E-state index contributed by atoms with van der Waals surface area (Å²) >= 11 is 0. The van der Waals surface area contributed by atoms with Crippen molar-refractivity contribution in [2.45, 2.75) is 38.8 Å². The summed E-state index contributed by atoms with van der Waals surface area (Å²) in [5.74, 6) is 0. The van der Waals surface area contributed by atoms with Crippen LogP contribution in [0.2, 0.25) is 0 Å². The molecule has 0 bridgehead atoms. The molecule has 1 aliphatic rings. The van der Waals surface area contributed by atoms with E-state index in [1.165, 1.54) is 12.8 Å². The van der Waals surface area contributed by atoms with Gasteiger partial charge < -0.3 is 10.5 Å². The highest BCUT2D eigenvalue weighted by atomic mass is 16.5. The molecule has 78 valence electrons. The quantitative estimate of drug-likeness (QED) is 0.640. The fourth-order valence-electron chi connectivity index (χ4n) is 1.67. The fourth-order valence-corrected chi connectivity index (χ4v) is 1.67. The number of nitrogens with zero attached hydrogens (tertiary/aromatic N) is 1. The van der Waals surface area contributed by atoms with Crippen LogP contribution in [0.1, 0.15) is 26.7 Å². The second kappa shape index (κ2) is 5.58. The van der Waals surface area contributed by atoms with Crippen LogP contribution in [-0.4, -0.2) is 43.3 Å². The van der Waals surface area contributed by atoms with Gasteiger partial charge in [0.05, 0.1) is 6.10 Å². The van der Waals surface area contributed by atoms with Gasteiger partial charge in [0, 0.05) is 25.7 Å². The van der Waals surface area contributed by atoms with Crippen LogP contribution in [0.3, 0.4) is 0 Å². The number of rotatable bonds is 7. The summed E-state index contributed by atoms with van der Waals surface area (Å²) in [6.07, 6.45) is 2.94. The highest BCUT2D eigenvalue weighted by Crippen LogP contribution is 2.26. The van der Waals surface area contributed by atoms with Crippen molar-refractivity contribution >= 4 is 0 Å². The van der Waals surface area contributed by atoms with E-state index in [0.29, 0.717) is 6.54 Å². The van der Waals surface area contributed by atoms with Crippen molar-refractivity contribution < 1.29 is 4.74 Å². The maximum Gasteiger partial charge on any atom is 0.0823 e. The molecule has 0 aliphatic heterocycles. The first-order valence-electron chi connectivity index (χ1n) is 5.37. The standard InChI is InChI=1S/C10H22N2O/c1-3-12(9-5-6-9)8-10(7-11)13-4-2/h9-10H,3-8,11H2,1-2H3. The van der Waals surface area contributed by atoms with Crippen LogP contribution < -0.4 is 5.73 Å². The molecule has 0 aromatic carbocycles. The van der Waals surface area contributed by atoms with Crippen LogP contribution in [0.15, 0.2) is 0 Å². The molecule has 0 amide bonds. The van der Waals surface area contributed by atoms with Crippen LogP contribution in [0.25, 0.3) is 0 Å². The first kappa shape index (κ1) is 11.0. The van der Waals surface area contributed by atoms with Crippen molar-refractivity contribution in [3.05, 3.63) is 0 Å². The molecule has 1 unspecified atom stereocenters. The average molecular weight is 186 g/mol. The van der Waals surface area contributed by atoms with E-state index in [-0.39, 0.29) is 6.10 Å². The van der Waals surface area contributed by atoms with Crippen LogP contribution in [0.4, 0.5) is 0 Å². The highest BCUT2D eigenvalue weighted by molar-refractivity contribution is 4.85. The minimum atomic E-state index is 0.227. The Balaban J connectivity index is 2.24. The number of ether oxygens (including phenoxy) is 1. The molecule has 3 heteroatoms. The van der Waals surface area contributed by atoms with Crippen LogP contribution in [-0.2, 0) is 4.74 Å². The molecular weight excluding hydrogens is 164 g/mol. The molecule has 13 heavy (non-hydrogen) atoms. The molecule has 1 atom stereocenters. The Bertz CT molecular complexity index is 137. The fraction of sp³-hybridized carbons (Fsp3) is 1.00. The maximum atomic E-state index is 5.63. The number of nitrogens with two attached hydrogens (primary N) is 1. The maximum absolute atomic E-state index is 5.63. The summed E-state index contributed by atoms with van der Waals surface area (Å²) < 4.78 is 5.53. The van der Waals surface area contributed by atoms with E-state index in [0.717, 1.165) is 25.7 Å². The summed E-state index contributed by atoms with van der Waals surface area (Å²) in [5.41, 5.74) is 5.63. The van der Waals surface area contributed by atoms with E-state index in [1.807, 2.05) is 6.92 Å². The van der Waals surface area contributed by atoms with Crippen molar-refractivity contribution in [3.63, 3.8) is 0 Å². The Kier molecular flexibility index (Phi) is 4.70. The SMILES string of the molecule is CCOC(CN)CN(CC)C1CC1. The van der Waals surface area contributed by atoms with Gasteiger partial charge in [-0.1, -0.05) is 6.92 Å². The molecule has 0 aromatic heterocycles. The van der Waals surface area contributed by atoms with Gasteiger partial charge in [0.25, 0.3) is 0 Å². The zero-order chi connectivity index (χ0) is 9.68. The zero-order valence-corrected chi connectivity index (χ0v) is 8.83. The van der Waals surface area contributed by atoms with Gasteiger partial charge in [-0.3, -0.25) is 4.90 Å². The molecule has 2 N–H and O–H groups in total. The van der Waals surface area contributed by atoms with Gasteiger partial charge in [0.15, 0.2) is 0 Å². The van der Waals surface area contributed by atoms with Crippen molar-refractivity contribution in [1.29, 1.82) is 0 Å². The third-order valence-corrected chi connectivity index (χ3v) is 2.57. The predicted molar refractivity (Wildman–Crippen MR) is 54.7 cm³/mol.